The molecule has 0 spiro atoms. The Bertz CT molecular complexity index is 622. The molecule has 0 radical (unpaired) electrons. The highest BCUT2D eigenvalue weighted by Crippen LogP contribution is 2.33. The molecule has 0 aliphatic heterocycles. The second-order valence-corrected chi connectivity index (χ2v) is 7.97. The first-order valence-corrected chi connectivity index (χ1v) is 7.41. The van der Waals surface area contributed by atoms with Crippen molar-refractivity contribution in [3.05, 3.63) is 29.6 Å². The Morgan fingerprint density at radius 1 is 1.00 bits per heavy atom. The summed E-state index contributed by atoms with van der Waals surface area (Å²) in [6.07, 6.45) is 3.94. The lowest BCUT2D eigenvalue weighted by Gasteiger charge is -2.21. The summed E-state index contributed by atoms with van der Waals surface area (Å²) < 4.78 is 2.24. The van der Waals surface area contributed by atoms with Crippen LogP contribution in [0.25, 0.3) is 5.52 Å². The summed E-state index contributed by atoms with van der Waals surface area (Å²) >= 11 is 0. The molecule has 0 saturated carbocycles. The smallest absolute Gasteiger partial charge is 0.119 e. The molecule has 110 valence electrons. The van der Waals surface area contributed by atoms with E-state index in [1.54, 1.807) is 0 Å². The van der Waals surface area contributed by atoms with Crippen LogP contribution in [-0.4, -0.2) is 14.4 Å². The van der Waals surface area contributed by atoms with Gasteiger partial charge in [-0.1, -0.05) is 55.4 Å². The maximum absolute atomic E-state index is 4.96. The molecule has 0 fully saturated rings. The number of fused-ring (bicyclic) bond motifs is 1. The van der Waals surface area contributed by atoms with E-state index in [9.17, 15) is 0 Å². The van der Waals surface area contributed by atoms with Gasteiger partial charge in [0, 0.05) is 23.2 Å². The summed E-state index contributed by atoms with van der Waals surface area (Å²) in [5.74, 6) is 1.51. The molecular weight excluding hydrogens is 246 g/mol. The molecule has 0 aliphatic carbocycles. The van der Waals surface area contributed by atoms with E-state index in [1.165, 1.54) is 5.52 Å². The highest BCUT2D eigenvalue weighted by molar-refractivity contribution is 5.61. The number of nitrogens with zero attached hydrogens (tertiary/aromatic N) is 3. The minimum atomic E-state index is 0.0152. The highest BCUT2D eigenvalue weighted by atomic mass is 15.1. The second kappa shape index (κ2) is 4.57. The average molecular weight is 273 g/mol. The zero-order chi connectivity index (χ0) is 15.3. The topological polar surface area (TPSA) is 30.2 Å². The van der Waals surface area contributed by atoms with E-state index in [4.69, 9.17) is 4.98 Å². The third-order valence-corrected chi connectivity index (χ3v) is 3.51. The van der Waals surface area contributed by atoms with Gasteiger partial charge in [-0.2, -0.15) is 0 Å². The van der Waals surface area contributed by atoms with Crippen LogP contribution in [0.3, 0.4) is 0 Å². The minimum absolute atomic E-state index is 0.0152. The molecule has 0 unspecified atom stereocenters. The van der Waals surface area contributed by atoms with Crippen molar-refractivity contribution < 1.29 is 0 Å². The van der Waals surface area contributed by atoms with Crippen molar-refractivity contribution in [3.63, 3.8) is 0 Å². The number of hydrogen-bond donors (Lipinski definition) is 0. The zero-order valence-electron chi connectivity index (χ0n) is 14.1. The predicted molar refractivity (Wildman–Crippen MR) is 84.5 cm³/mol. The van der Waals surface area contributed by atoms with E-state index < -0.39 is 0 Å². The van der Waals surface area contributed by atoms with Gasteiger partial charge in [0.05, 0.1) is 16.9 Å². The van der Waals surface area contributed by atoms with Crippen LogP contribution in [0.2, 0.25) is 0 Å². The molecule has 3 heteroatoms. The van der Waals surface area contributed by atoms with Crippen LogP contribution >= 0.6 is 0 Å². The Morgan fingerprint density at radius 2 is 1.60 bits per heavy atom. The summed E-state index contributed by atoms with van der Waals surface area (Å²) in [5, 5.41) is 0. The molecule has 2 rings (SSSR count). The Kier molecular flexibility index (Phi) is 3.43. The Hall–Kier alpha value is -1.38. The van der Waals surface area contributed by atoms with E-state index >= 15 is 0 Å². The van der Waals surface area contributed by atoms with Crippen LogP contribution in [0.15, 0.2) is 12.4 Å². The molecule has 0 aromatic carbocycles. The zero-order valence-corrected chi connectivity index (χ0v) is 14.1. The lowest BCUT2D eigenvalue weighted by molar-refractivity contribution is 0.537. The number of rotatable bonds is 1. The van der Waals surface area contributed by atoms with Gasteiger partial charge < -0.3 is 0 Å². The Labute approximate surface area is 122 Å². The van der Waals surface area contributed by atoms with E-state index in [1.807, 2.05) is 12.4 Å². The molecule has 0 amide bonds. The monoisotopic (exact) mass is 273 g/mol. The van der Waals surface area contributed by atoms with Crippen molar-refractivity contribution in [1.82, 2.24) is 14.4 Å². The molecule has 0 bridgehead atoms. The molecule has 0 N–H and O–H groups in total. The second-order valence-electron chi connectivity index (χ2n) is 7.97. The molecule has 0 aliphatic rings. The fraction of sp³-hybridized carbons (Fsp3) is 0.647. The van der Waals surface area contributed by atoms with Crippen LogP contribution in [0, 0.1) is 0 Å². The van der Waals surface area contributed by atoms with Gasteiger partial charge in [0.15, 0.2) is 0 Å². The van der Waals surface area contributed by atoms with Gasteiger partial charge in [0.1, 0.15) is 5.82 Å². The molecule has 0 saturated heterocycles. The fourth-order valence-electron chi connectivity index (χ4n) is 2.55. The lowest BCUT2D eigenvalue weighted by atomic mass is 9.89. The summed E-state index contributed by atoms with van der Waals surface area (Å²) in [7, 11) is 0. The summed E-state index contributed by atoms with van der Waals surface area (Å²) in [4.78, 5) is 9.61. The minimum Gasteiger partial charge on any atom is -0.300 e. The van der Waals surface area contributed by atoms with Crippen LogP contribution in [-0.2, 0) is 10.8 Å². The van der Waals surface area contributed by atoms with Crippen molar-refractivity contribution in [2.75, 3.05) is 0 Å². The largest absolute Gasteiger partial charge is 0.300 e. The normalized spacial score (nSPS) is 13.4. The van der Waals surface area contributed by atoms with E-state index in [0.717, 1.165) is 17.2 Å². The van der Waals surface area contributed by atoms with Crippen molar-refractivity contribution in [2.45, 2.75) is 72.1 Å². The standard InChI is InChI=1S/C17H27N3/c1-11(2)12-13-14(16(3,4)5)18-9-10-20(13)15(19-12)17(6,7)8/h9-11H,1-8H3. The molecule has 2 aromatic rings. The molecule has 20 heavy (non-hydrogen) atoms. The number of aromatic nitrogens is 3. The number of imidazole rings is 1. The SMILES string of the molecule is CC(C)c1nc(C(C)(C)C)n2ccnc(C(C)(C)C)c12. The first-order chi connectivity index (χ1) is 9.03. The first-order valence-electron chi connectivity index (χ1n) is 7.41. The third kappa shape index (κ3) is 2.46. The predicted octanol–water partition coefficient (Wildman–Crippen LogP) is 4.45. The maximum Gasteiger partial charge on any atom is 0.119 e. The number of hydrogen-bond acceptors (Lipinski definition) is 2. The van der Waals surface area contributed by atoms with Crippen LogP contribution in [0.4, 0.5) is 0 Å². The average Bonchev–Trinajstić information content (AvgIpc) is 2.65. The molecule has 2 heterocycles. The molecule has 3 nitrogen and oxygen atoms in total. The van der Waals surface area contributed by atoms with Crippen LogP contribution < -0.4 is 0 Å². The van der Waals surface area contributed by atoms with Crippen molar-refractivity contribution in [1.29, 1.82) is 0 Å². The first kappa shape index (κ1) is 15.0. The lowest BCUT2D eigenvalue weighted by Crippen LogP contribution is -2.18. The highest BCUT2D eigenvalue weighted by Gasteiger charge is 2.28. The van der Waals surface area contributed by atoms with Crippen molar-refractivity contribution in [3.8, 4) is 0 Å². The molecular formula is C17H27N3. The molecule has 0 atom stereocenters. The van der Waals surface area contributed by atoms with Gasteiger partial charge in [-0.05, 0) is 5.92 Å². The summed E-state index contributed by atoms with van der Waals surface area (Å²) in [5.41, 5.74) is 3.52. The van der Waals surface area contributed by atoms with Crippen LogP contribution in [0.5, 0.6) is 0 Å². The Morgan fingerprint density at radius 3 is 2.05 bits per heavy atom. The van der Waals surface area contributed by atoms with Gasteiger partial charge >= 0.3 is 0 Å². The third-order valence-electron chi connectivity index (χ3n) is 3.51. The van der Waals surface area contributed by atoms with Gasteiger partial charge in [0.25, 0.3) is 0 Å². The van der Waals surface area contributed by atoms with E-state index in [-0.39, 0.29) is 10.8 Å². The Balaban J connectivity index is 2.91. The quantitative estimate of drug-likeness (QED) is 0.768. The van der Waals surface area contributed by atoms with Gasteiger partial charge in [-0.3, -0.25) is 9.38 Å². The van der Waals surface area contributed by atoms with Gasteiger partial charge in [-0.15, -0.1) is 0 Å². The summed E-state index contributed by atoms with van der Waals surface area (Å²) in [6.45, 7) is 17.7. The fourth-order valence-corrected chi connectivity index (χ4v) is 2.55. The van der Waals surface area contributed by atoms with E-state index in [0.29, 0.717) is 5.92 Å². The van der Waals surface area contributed by atoms with Crippen molar-refractivity contribution in [2.24, 2.45) is 0 Å². The summed E-state index contributed by atoms with van der Waals surface area (Å²) in [6, 6.07) is 0. The molecule has 2 aromatic heterocycles. The van der Waals surface area contributed by atoms with Gasteiger partial charge in [-0.25, -0.2) is 4.98 Å². The van der Waals surface area contributed by atoms with Gasteiger partial charge in [0.2, 0.25) is 0 Å². The van der Waals surface area contributed by atoms with Crippen molar-refractivity contribution >= 4 is 5.52 Å². The van der Waals surface area contributed by atoms with E-state index in [2.05, 4.69) is 64.8 Å². The maximum atomic E-state index is 4.96. The van der Waals surface area contributed by atoms with Crippen LogP contribution in [0.1, 0.15) is 78.5 Å².